The summed E-state index contributed by atoms with van der Waals surface area (Å²) in [7, 11) is 1.85. The highest BCUT2D eigenvalue weighted by molar-refractivity contribution is 7.15. The molecule has 1 aliphatic rings. The van der Waals surface area contributed by atoms with Gasteiger partial charge in [-0.1, -0.05) is 103 Å². The van der Waals surface area contributed by atoms with Crippen molar-refractivity contribution in [1.82, 2.24) is 20.4 Å². The Hall–Kier alpha value is -1.21. The minimum Gasteiger partial charge on any atom is -0.324 e. The molecule has 172 valence electrons. The number of aromatic nitrogens is 2. The molecule has 1 aliphatic heterocycles. The van der Waals surface area contributed by atoms with Gasteiger partial charge in [0, 0.05) is 12.5 Å². The Morgan fingerprint density at radius 2 is 1.53 bits per heavy atom. The van der Waals surface area contributed by atoms with Crippen LogP contribution in [0.5, 0.6) is 0 Å². The van der Waals surface area contributed by atoms with E-state index in [1.165, 1.54) is 75.5 Å². The predicted octanol–water partition coefficient (Wildman–Crippen LogP) is 5.93. The van der Waals surface area contributed by atoms with Gasteiger partial charge in [-0.3, -0.25) is 10.2 Å². The first-order valence-electron chi connectivity index (χ1n) is 12.0. The third-order valence-electron chi connectivity index (χ3n) is 5.71. The Bertz CT molecular complexity index is 627. The van der Waals surface area contributed by atoms with Crippen LogP contribution in [0.2, 0.25) is 0 Å². The molecule has 2 rings (SSSR count). The van der Waals surface area contributed by atoms with E-state index in [1.54, 1.807) is 9.80 Å². The van der Waals surface area contributed by atoms with Gasteiger partial charge in [0.15, 0.2) is 0 Å². The molecule has 0 aliphatic carbocycles. The number of nitrogens with zero attached hydrogens (tertiary/aromatic N) is 4. The van der Waals surface area contributed by atoms with E-state index in [0.717, 1.165) is 18.0 Å². The van der Waals surface area contributed by atoms with Crippen molar-refractivity contribution in [3.63, 3.8) is 0 Å². The van der Waals surface area contributed by atoms with Crippen LogP contribution >= 0.6 is 11.3 Å². The maximum Gasteiger partial charge on any atom is 0.327 e. The molecular weight excluding hydrogens is 394 g/mol. The van der Waals surface area contributed by atoms with E-state index in [0.29, 0.717) is 11.7 Å². The number of carbonyl (C=O) groups is 1. The molecule has 2 amide bonds. The average Bonchev–Trinajstić information content (AvgIpc) is 3.28. The molecule has 7 heteroatoms. The second kappa shape index (κ2) is 12.6. The van der Waals surface area contributed by atoms with Crippen molar-refractivity contribution in [1.29, 1.82) is 0 Å². The largest absolute Gasteiger partial charge is 0.327 e. The van der Waals surface area contributed by atoms with Crippen LogP contribution in [-0.2, 0) is 5.41 Å². The van der Waals surface area contributed by atoms with Gasteiger partial charge in [0.25, 0.3) is 0 Å². The molecule has 1 saturated heterocycles. The van der Waals surface area contributed by atoms with Crippen molar-refractivity contribution in [2.24, 2.45) is 0 Å². The summed E-state index contributed by atoms with van der Waals surface area (Å²) in [6.45, 7) is 10.3. The van der Waals surface area contributed by atoms with E-state index in [-0.39, 0.29) is 17.6 Å². The molecule has 6 nitrogen and oxygen atoms in total. The van der Waals surface area contributed by atoms with Crippen molar-refractivity contribution in [3.05, 3.63) is 5.01 Å². The number of unbranched alkanes of at least 4 members (excludes halogenated alkanes) is 10. The summed E-state index contributed by atoms with van der Waals surface area (Å²) in [6, 6.07) is 0.00282. The summed E-state index contributed by atoms with van der Waals surface area (Å²) in [5.74, 6) is 0. The number of carbonyl (C=O) groups excluding carboxylic acids is 1. The first-order chi connectivity index (χ1) is 14.3. The van der Waals surface area contributed by atoms with E-state index in [4.69, 9.17) is 0 Å². The van der Waals surface area contributed by atoms with Crippen LogP contribution in [-0.4, -0.2) is 47.4 Å². The van der Waals surface area contributed by atoms with E-state index in [1.807, 2.05) is 7.05 Å². The van der Waals surface area contributed by atoms with E-state index in [2.05, 4.69) is 43.2 Å². The summed E-state index contributed by atoms with van der Waals surface area (Å²) in [4.78, 5) is 16.2. The van der Waals surface area contributed by atoms with Crippen LogP contribution in [0.1, 0.15) is 103 Å². The summed E-state index contributed by atoms with van der Waals surface area (Å²) in [6.07, 6.45) is 14.8. The molecular formula is C23H43N5OS. The zero-order chi connectivity index (χ0) is 22.0. The van der Waals surface area contributed by atoms with Crippen LogP contribution in [0.4, 0.5) is 9.93 Å². The fourth-order valence-corrected chi connectivity index (χ4v) is 4.73. The highest BCUT2D eigenvalue weighted by Gasteiger charge is 2.38. The molecule has 0 spiro atoms. The highest BCUT2D eigenvalue weighted by Crippen LogP contribution is 2.32. The second-order valence-corrected chi connectivity index (χ2v) is 10.6. The van der Waals surface area contributed by atoms with Gasteiger partial charge in [-0.05, 0) is 13.0 Å². The van der Waals surface area contributed by atoms with Crippen LogP contribution < -0.4 is 10.2 Å². The minimum absolute atomic E-state index is 0.00282. The second-order valence-electron chi connectivity index (χ2n) is 9.68. The van der Waals surface area contributed by atoms with Crippen LogP contribution in [0, 0.1) is 0 Å². The zero-order valence-electron chi connectivity index (χ0n) is 19.9. The van der Waals surface area contributed by atoms with E-state index >= 15 is 0 Å². The molecule has 1 aromatic heterocycles. The summed E-state index contributed by atoms with van der Waals surface area (Å²) in [5, 5.41) is 13.9. The SMILES string of the molecule is CCCCCCCCCCCCCNC1CN(C)C(=O)N1c1nnc(C(C)(C)C)s1. The van der Waals surface area contributed by atoms with Crippen LogP contribution in [0.3, 0.4) is 0 Å². The predicted molar refractivity (Wildman–Crippen MR) is 127 cm³/mol. The molecule has 0 saturated carbocycles. The quantitative estimate of drug-likeness (QED) is 0.366. The molecule has 1 atom stereocenters. The number of hydrogen-bond acceptors (Lipinski definition) is 5. The average molecular weight is 438 g/mol. The molecule has 1 unspecified atom stereocenters. The van der Waals surface area contributed by atoms with Gasteiger partial charge in [0.1, 0.15) is 11.2 Å². The lowest BCUT2D eigenvalue weighted by molar-refractivity contribution is 0.229. The topological polar surface area (TPSA) is 61.4 Å². The van der Waals surface area contributed by atoms with Gasteiger partial charge in [-0.25, -0.2) is 4.79 Å². The van der Waals surface area contributed by atoms with Gasteiger partial charge in [0.2, 0.25) is 5.13 Å². The lowest BCUT2D eigenvalue weighted by Gasteiger charge is -2.21. The van der Waals surface area contributed by atoms with Gasteiger partial charge in [-0.2, -0.15) is 0 Å². The maximum absolute atomic E-state index is 12.6. The van der Waals surface area contributed by atoms with Crippen molar-refractivity contribution in [2.45, 2.75) is 110 Å². The minimum atomic E-state index is -0.0526. The lowest BCUT2D eigenvalue weighted by Crippen LogP contribution is -2.44. The number of hydrogen-bond donors (Lipinski definition) is 1. The Kier molecular flexibility index (Phi) is 10.5. The van der Waals surface area contributed by atoms with Gasteiger partial charge in [-0.15, -0.1) is 10.2 Å². The summed E-state index contributed by atoms with van der Waals surface area (Å²) >= 11 is 1.52. The number of nitrogens with one attached hydrogen (secondary N) is 1. The lowest BCUT2D eigenvalue weighted by atomic mass is 9.98. The Morgan fingerprint density at radius 3 is 2.07 bits per heavy atom. The molecule has 1 N–H and O–H groups in total. The number of anilines is 1. The molecule has 0 aromatic carbocycles. The first kappa shape index (κ1) is 25.1. The molecule has 0 bridgehead atoms. The normalized spacial score (nSPS) is 17.4. The number of rotatable bonds is 14. The van der Waals surface area contributed by atoms with Crippen molar-refractivity contribution >= 4 is 22.5 Å². The Balaban J connectivity index is 1.65. The third-order valence-corrected chi connectivity index (χ3v) is 7.06. The number of amides is 2. The number of urea groups is 1. The Morgan fingerprint density at radius 1 is 0.967 bits per heavy atom. The fourth-order valence-electron chi connectivity index (χ4n) is 3.78. The van der Waals surface area contributed by atoms with Gasteiger partial charge >= 0.3 is 6.03 Å². The Labute approximate surface area is 187 Å². The maximum atomic E-state index is 12.6. The smallest absolute Gasteiger partial charge is 0.324 e. The van der Waals surface area contributed by atoms with Crippen molar-refractivity contribution in [2.75, 3.05) is 25.0 Å². The molecule has 1 aromatic rings. The van der Waals surface area contributed by atoms with Crippen LogP contribution in [0.25, 0.3) is 0 Å². The molecule has 0 radical (unpaired) electrons. The van der Waals surface area contributed by atoms with E-state index in [9.17, 15) is 4.79 Å². The standard InChI is InChI=1S/C23H43N5OS/c1-6-7-8-9-10-11-12-13-14-15-16-17-24-19-18-27(5)22(29)28(19)21-26-25-20(30-21)23(2,3)4/h19,24H,6-18H2,1-5H3. The van der Waals surface area contributed by atoms with Crippen LogP contribution in [0.15, 0.2) is 0 Å². The summed E-state index contributed by atoms with van der Waals surface area (Å²) in [5.41, 5.74) is -0.0526. The summed E-state index contributed by atoms with van der Waals surface area (Å²) < 4.78 is 0. The number of likely N-dealkylation sites (N-methyl/N-ethyl adjacent to an activating group) is 1. The molecule has 1 fully saturated rings. The third kappa shape index (κ3) is 7.80. The molecule has 2 heterocycles. The fraction of sp³-hybridized carbons (Fsp3) is 0.870. The van der Waals surface area contributed by atoms with Gasteiger partial charge < -0.3 is 4.90 Å². The van der Waals surface area contributed by atoms with E-state index < -0.39 is 0 Å². The van der Waals surface area contributed by atoms with Crippen molar-refractivity contribution < 1.29 is 4.79 Å². The first-order valence-corrected chi connectivity index (χ1v) is 12.8. The van der Waals surface area contributed by atoms with Gasteiger partial charge in [0.05, 0.1) is 6.54 Å². The zero-order valence-corrected chi connectivity index (χ0v) is 20.7. The highest BCUT2D eigenvalue weighted by atomic mass is 32.1. The van der Waals surface area contributed by atoms with Crippen molar-refractivity contribution in [3.8, 4) is 0 Å². The molecule has 30 heavy (non-hydrogen) atoms. The monoisotopic (exact) mass is 437 g/mol.